The van der Waals surface area contributed by atoms with Crippen LogP contribution in [-0.2, 0) is 4.79 Å². The van der Waals surface area contributed by atoms with Gasteiger partial charge in [0.15, 0.2) is 0 Å². The quantitative estimate of drug-likeness (QED) is 0.435. The smallest absolute Gasteiger partial charge is 0.338 e. The van der Waals surface area contributed by atoms with Crippen molar-refractivity contribution in [3.63, 3.8) is 0 Å². The van der Waals surface area contributed by atoms with Gasteiger partial charge >= 0.3 is 5.97 Å². The van der Waals surface area contributed by atoms with E-state index in [1.54, 1.807) is 31.4 Å². The summed E-state index contributed by atoms with van der Waals surface area (Å²) in [5.41, 5.74) is 0.491. The van der Waals surface area contributed by atoms with Gasteiger partial charge in [-0.1, -0.05) is 26.0 Å². The molecule has 3 heteroatoms. The van der Waals surface area contributed by atoms with Crippen molar-refractivity contribution in [2.75, 3.05) is 7.11 Å². The third-order valence-electron chi connectivity index (χ3n) is 2.09. The van der Waals surface area contributed by atoms with E-state index in [1.165, 1.54) is 0 Å². The Morgan fingerprint density at radius 1 is 1.38 bits per heavy atom. The summed E-state index contributed by atoms with van der Waals surface area (Å²) in [5, 5.41) is 0. The maximum absolute atomic E-state index is 11.5. The maximum Gasteiger partial charge on any atom is 0.338 e. The second kappa shape index (κ2) is 5.95. The molecule has 86 valence electrons. The average molecular weight is 220 g/mol. The van der Waals surface area contributed by atoms with Gasteiger partial charge in [0.2, 0.25) is 0 Å². The monoisotopic (exact) mass is 220 g/mol. The molecule has 0 saturated carbocycles. The van der Waals surface area contributed by atoms with E-state index in [1.807, 2.05) is 6.92 Å². The third kappa shape index (κ3) is 3.42. The van der Waals surface area contributed by atoms with Crippen molar-refractivity contribution < 1.29 is 14.3 Å². The highest BCUT2D eigenvalue weighted by atomic mass is 16.5. The molecule has 1 aromatic carbocycles. The van der Waals surface area contributed by atoms with Crippen LogP contribution in [0.3, 0.4) is 0 Å². The summed E-state index contributed by atoms with van der Waals surface area (Å²) >= 11 is 0. The molecule has 3 nitrogen and oxygen atoms in total. The first kappa shape index (κ1) is 12.3. The van der Waals surface area contributed by atoms with Crippen LogP contribution >= 0.6 is 0 Å². The van der Waals surface area contributed by atoms with Crippen LogP contribution in [0.25, 0.3) is 0 Å². The molecule has 0 amide bonds. The van der Waals surface area contributed by atoms with Gasteiger partial charge in [0, 0.05) is 11.6 Å². The Bertz CT molecular complexity index is 383. The molecule has 0 aliphatic heterocycles. The maximum atomic E-state index is 11.5. The van der Waals surface area contributed by atoms with Gasteiger partial charge in [0.1, 0.15) is 11.5 Å². The van der Waals surface area contributed by atoms with Crippen molar-refractivity contribution in [2.24, 2.45) is 0 Å². The normalized spacial score (nSPS) is 9.62. The van der Waals surface area contributed by atoms with Crippen LogP contribution in [0.5, 0.6) is 11.5 Å². The molecule has 0 atom stereocenters. The lowest BCUT2D eigenvalue weighted by Gasteiger charge is -2.07. The Kier molecular flexibility index (Phi) is 4.58. The van der Waals surface area contributed by atoms with Crippen molar-refractivity contribution in [1.82, 2.24) is 0 Å². The number of carbonyl (C=O) groups is 1. The highest BCUT2D eigenvalue weighted by Gasteiger charge is 2.09. The number of ether oxygens (including phenoxy) is 2. The van der Waals surface area contributed by atoms with Crippen LogP contribution in [0.4, 0.5) is 0 Å². The van der Waals surface area contributed by atoms with E-state index >= 15 is 0 Å². The van der Waals surface area contributed by atoms with Gasteiger partial charge in [-0.15, -0.1) is 0 Å². The summed E-state index contributed by atoms with van der Waals surface area (Å²) in [6.07, 6.45) is 1.54. The van der Waals surface area contributed by atoms with Crippen LogP contribution < -0.4 is 9.47 Å². The molecule has 0 aromatic heterocycles. The highest BCUT2D eigenvalue weighted by Crippen LogP contribution is 2.20. The molecule has 0 unspecified atom stereocenters. The summed E-state index contributed by atoms with van der Waals surface area (Å²) in [7, 11) is 1.57. The zero-order valence-electron chi connectivity index (χ0n) is 9.66. The van der Waals surface area contributed by atoms with Crippen LogP contribution in [0.1, 0.15) is 19.8 Å². The first-order chi connectivity index (χ1) is 7.67. The molecule has 0 heterocycles. The predicted octanol–water partition coefficient (Wildman–Crippen LogP) is 2.96. The van der Waals surface area contributed by atoms with E-state index in [-0.39, 0.29) is 5.97 Å². The molecule has 0 saturated heterocycles. The lowest BCUT2D eigenvalue weighted by molar-refractivity contribution is -0.130. The molecule has 0 radical (unpaired) electrons. The second-order valence-corrected chi connectivity index (χ2v) is 3.42. The summed E-state index contributed by atoms with van der Waals surface area (Å²) in [5.74, 6) is 0.753. The van der Waals surface area contributed by atoms with Crippen LogP contribution in [0.15, 0.2) is 36.4 Å². The number of rotatable bonds is 5. The van der Waals surface area contributed by atoms with E-state index in [4.69, 9.17) is 9.47 Å². The fourth-order valence-electron chi connectivity index (χ4n) is 1.25. The van der Waals surface area contributed by atoms with E-state index in [2.05, 4.69) is 6.58 Å². The van der Waals surface area contributed by atoms with E-state index in [0.717, 1.165) is 6.42 Å². The minimum absolute atomic E-state index is 0.380. The summed E-state index contributed by atoms with van der Waals surface area (Å²) in [6.45, 7) is 5.67. The summed E-state index contributed by atoms with van der Waals surface area (Å²) < 4.78 is 10.2. The van der Waals surface area contributed by atoms with Gasteiger partial charge in [-0.2, -0.15) is 0 Å². The largest absolute Gasteiger partial charge is 0.497 e. The van der Waals surface area contributed by atoms with Crippen molar-refractivity contribution in [1.29, 1.82) is 0 Å². The molecule has 0 aliphatic rings. The molecule has 0 fully saturated rings. The standard InChI is InChI=1S/C13H16O3/c1-4-6-10(2)13(14)16-12-8-5-7-11(9-12)15-3/h5,7-9H,2,4,6H2,1,3H3. The fourth-order valence-corrected chi connectivity index (χ4v) is 1.25. The lowest BCUT2D eigenvalue weighted by atomic mass is 10.2. The average Bonchev–Trinajstić information content (AvgIpc) is 2.29. The third-order valence-corrected chi connectivity index (χ3v) is 2.09. The molecule has 16 heavy (non-hydrogen) atoms. The number of methoxy groups -OCH3 is 1. The van der Waals surface area contributed by atoms with Crippen molar-refractivity contribution >= 4 is 5.97 Å². The number of hydrogen-bond donors (Lipinski definition) is 0. The van der Waals surface area contributed by atoms with Crippen LogP contribution in [-0.4, -0.2) is 13.1 Å². The molecule has 0 bridgehead atoms. The van der Waals surface area contributed by atoms with Crippen LogP contribution in [0, 0.1) is 0 Å². The van der Waals surface area contributed by atoms with E-state index < -0.39 is 0 Å². The molecule has 1 aromatic rings. The van der Waals surface area contributed by atoms with Gasteiger partial charge in [-0.05, 0) is 18.6 Å². The highest BCUT2D eigenvalue weighted by molar-refractivity contribution is 5.89. The molecule has 0 aliphatic carbocycles. The van der Waals surface area contributed by atoms with Crippen molar-refractivity contribution in [2.45, 2.75) is 19.8 Å². The summed E-state index contributed by atoms with van der Waals surface area (Å²) in [4.78, 5) is 11.5. The Morgan fingerprint density at radius 3 is 2.69 bits per heavy atom. The zero-order valence-corrected chi connectivity index (χ0v) is 9.66. The van der Waals surface area contributed by atoms with E-state index in [0.29, 0.717) is 23.5 Å². The predicted molar refractivity (Wildman–Crippen MR) is 62.7 cm³/mol. The first-order valence-electron chi connectivity index (χ1n) is 5.21. The Balaban J connectivity index is 2.65. The SMILES string of the molecule is C=C(CCC)C(=O)Oc1cccc(OC)c1. The Labute approximate surface area is 95.7 Å². The van der Waals surface area contributed by atoms with Gasteiger partial charge in [-0.3, -0.25) is 0 Å². The fraction of sp³-hybridized carbons (Fsp3) is 0.308. The van der Waals surface area contributed by atoms with Gasteiger partial charge in [0.25, 0.3) is 0 Å². The number of hydrogen-bond acceptors (Lipinski definition) is 3. The molecular weight excluding hydrogens is 204 g/mol. The second-order valence-electron chi connectivity index (χ2n) is 3.42. The van der Waals surface area contributed by atoms with Gasteiger partial charge in [-0.25, -0.2) is 4.79 Å². The number of benzene rings is 1. The summed E-state index contributed by atoms with van der Waals surface area (Å²) in [6, 6.07) is 6.93. The molecule has 1 rings (SSSR count). The minimum Gasteiger partial charge on any atom is -0.497 e. The molecule has 0 spiro atoms. The first-order valence-corrected chi connectivity index (χ1v) is 5.21. The van der Waals surface area contributed by atoms with Crippen molar-refractivity contribution in [3.8, 4) is 11.5 Å². The molecule has 0 N–H and O–H groups in total. The van der Waals surface area contributed by atoms with Gasteiger partial charge in [0.05, 0.1) is 7.11 Å². The zero-order chi connectivity index (χ0) is 12.0. The Hall–Kier alpha value is -1.77. The number of carbonyl (C=O) groups excluding carboxylic acids is 1. The van der Waals surface area contributed by atoms with Crippen molar-refractivity contribution in [3.05, 3.63) is 36.4 Å². The number of esters is 1. The Morgan fingerprint density at radius 2 is 2.06 bits per heavy atom. The topological polar surface area (TPSA) is 35.5 Å². The minimum atomic E-state index is -0.380. The van der Waals surface area contributed by atoms with Crippen LogP contribution in [0.2, 0.25) is 0 Å². The lowest BCUT2D eigenvalue weighted by Crippen LogP contribution is -2.10. The van der Waals surface area contributed by atoms with Gasteiger partial charge < -0.3 is 9.47 Å². The van der Waals surface area contributed by atoms with E-state index in [9.17, 15) is 4.79 Å². The molecular formula is C13H16O3.